The fourth-order valence-electron chi connectivity index (χ4n) is 2.79. The Morgan fingerprint density at radius 3 is 2.83 bits per heavy atom. The average Bonchev–Trinajstić information content (AvgIpc) is 2.50. The number of nitrogens with one attached hydrogen (secondary N) is 1. The number of benzene rings is 1. The van der Waals surface area contributed by atoms with Gasteiger partial charge in [-0.1, -0.05) is 12.8 Å². The number of amides is 1. The molecule has 0 bridgehead atoms. The number of carbonyl (C=O) groups is 1. The molecule has 23 heavy (non-hydrogen) atoms. The maximum absolute atomic E-state index is 13.1. The molecule has 0 spiro atoms. The van der Waals surface area contributed by atoms with Crippen molar-refractivity contribution in [2.24, 2.45) is 11.7 Å². The topological polar surface area (TPSA) is 64.3 Å². The summed E-state index contributed by atoms with van der Waals surface area (Å²) in [5, 5.41) is 3.04. The van der Waals surface area contributed by atoms with Gasteiger partial charge in [0.15, 0.2) is 6.10 Å². The average molecular weight is 410 g/mol. The highest BCUT2D eigenvalue weighted by atomic mass is 79.9. The Morgan fingerprint density at radius 2 is 2.17 bits per heavy atom. The first kappa shape index (κ1) is 20.2. The van der Waals surface area contributed by atoms with E-state index >= 15 is 0 Å². The maximum atomic E-state index is 13.1. The smallest absolute Gasteiger partial charge is 0.261 e. The molecule has 7 heteroatoms. The van der Waals surface area contributed by atoms with Crippen molar-refractivity contribution in [2.45, 2.75) is 44.8 Å². The van der Waals surface area contributed by atoms with Gasteiger partial charge in [0.2, 0.25) is 0 Å². The predicted octanol–water partition coefficient (Wildman–Crippen LogP) is 3.41. The SMILES string of the molecule is CC(Oc1ccc(F)cc1Br)C(=O)NC1CCCCC1CN.Cl. The fourth-order valence-corrected chi connectivity index (χ4v) is 3.24. The Labute approximate surface area is 150 Å². The van der Waals surface area contributed by atoms with Crippen LogP contribution in [0.2, 0.25) is 0 Å². The zero-order chi connectivity index (χ0) is 16.1. The molecule has 0 heterocycles. The molecule has 1 aromatic rings. The molecule has 1 aliphatic carbocycles. The molecular weight excluding hydrogens is 387 g/mol. The maximum Gasteiger partial charge on any atom is 0.261 e. The van der Waals surface area contributed by atoms with Crippen LogP contribution in [-0.2, 0) is 4.79 Å². The van der Waals surface area contributed by atoms with E-state index in [0.29, 0.717) is 22.7 Å². The summed E-state index contributed by atoms with van der Waals surface area (Å²) in [6.45, 7) is 2.27. The molecule has 1 saturated carbocycles. The lowest BCUT2D eigenvalue weighted by Gasteiger charge is -2.32. The van der Waals surface area contributed by atoms with Crippen LogP contribution in [0.25, 0.3) is 0 Å². The number of halogens is 3. The van der Waals surface area contributed by atoms with Gasteiger partial charge in [0, 0.05) is 6.04 Å². The van der Waals surface area contributed by atoms with E-state index in [1.807, 2.05) is 0 Å². The number of nitrogens with two attached hydrogens (primary N) is 1. The number of hydrogen-bond acceptors (Lipinski definition) is 3. The van der Waals surface area contributed by atoms with E-state index in [1.165, 1.54) is 24.6 Å². The Kier molecular flexibility index (Phi) is 8.29. The Balaban J connectivity index is 0.00000264. The molecule has 130 valence electrons. The van der Waals surface area contributed by atoms with Crippen LogP contribution in [0.4, 0.5) is 4.39 Å². The van der Waals surface area contributed by atoms with Crippen molar-refractivity contribution < 1.29 is 13.9 Å². The van der Waals surface area contributed by atoms with Crippen LogP contribution in [0.15, 0.2) is 22.7 Å². The molecule has 1 fully saturated rings. The van der Waals surface area contributed by atoms with Gasteiger partial charge in [0.1, 0.15) is 11.6 Å². The van der Waals surface area contributed by atoms with E-state index in [9.17, 15) is 9.18 Å². The molecule has 0 aliphatic heterocycles. The van der Waals surface area contributed by atoms with Gasteiger partial charge < -0.3 is 15.8 Å². The van der Waals surface area contributed by atoms with E-state index in [1.54, 1.807) is 6.92 Å². The van der Waals surface area contributed by atoms with Crippen molar-refractivity contribution in [3.63, 3.8) is 0 Å². The monoisotopic (exact) mass is 408 g/mol. The summed E-state index contributed by atoms with van der Waals surface area (Å²) in [5.74, 6) is 0.261. The third-order valence-electron chi connectivity index (χ3n) is 4.11. The minimum atomic E-state index is -0.651. The summed E-state index contributed by atoms with van der Waals surface area (Å²) in [6.07, 6.45) is 3.64. The molecule has 4 nitrogen and oxygen atoms in total. The lowest BCUT2D eigenvalue weighted by atomic mass is 9.84. The summed E-state index contributed by atoms with van der Waals surface area (Å²) in [5.41, 5.74) is 5.78. The van der Waals surface area contributed by atoms with E-state index in [4.69, 9.17) is 10.5 Å². The quantitative estimate of drug-likeness (QED) is 0.783. The molecule has 1 aromatic carbocycles. The van der Waals surface area contributed by atoms with Crippen LogP contribution in [0.1, 0.15) is 32.6 Å². The second-order valence-corrected chi connectivity index (χ2v) is 6.58. The van der Waals surface area contributed by atoms with Crippen molar-refractivity contribution >= 4 is 34.2 Å². The van der Waals surface area contributed by atoms with Gasteiger partial charge in [-0.3, -0.25) is 4.79 Å². The second kappa shape index (κ2) is 9.45. The lowest BCUT2D eigenvalue weighted by molar-refractivity contribution is -0.128. The molecule has 1 amide bonds. The van der Waals surface area contributed by atoms with E-state index in [0.717, 1.165) is 19.3 Å². The van der Waals surface area contributed by atoms with Crippen LogP contribution < -0.4 is 15.8 Å². The van der Waals surface area contributed by atoms with Crippen LogP contribution in [0.3, 0.4) is 0 Å². The minimum absolute atomic E-state index is 0. The normalized spacial score (nSPS) is 21.9. The largest absolute Gasteiger partial charge is 0.480 e. The number of hydrogen-bond donors (Lipinski definition) is 2. The van der Waals surface area contributed by atoms with Gasteiger partial charge >= 0.3 is 0 Å². The Morgan fingerprint density at radius 1 is 1.48 bits per heavy atom. The van der Waals surface area contributed by atoms with Crippen molar-refractivity contribution in [1.82, 2.24) is 5.32 Å². The van der Waals surface area contributed by atoms with E-state index in [2.05, 4.69) is 21.2 Å². The lowest BCUT2D eigenvalue weighted by Crippen LogP contribution is -2.48. The highest BCUT2D eigenvalue weighted by Crippen LogP contribution is 2.27. The van der Waals surface area contributed by atoms with Gasteiger partial charge in [-0.25, -0.2) is 4.39 Å². The highest BCUT2D eigenvalue weighted by Gasteiger charge is 2.27. The molecule has 0 radical (unpaired) electrons. The zero-order valence-electron chi connectivity index (χ0n) is 13.1. The van der Waals surface area contributed by atoms with Gasteiger partial charge in [-0.2, -0.15) is 0 Å². The van der Waals surface area contributed by atoms with Crippen LogP contribution >= 0.6 is 28.3 Å². The number of carbonyl (C=O) groups excluding carboxylic acids is 1. The third-order valence-corrected chi connectivity index (χ3v) is 4.73. The van der Waals surface area contributed by atoms with Crippen LogP contribution in [0, 0.1) is 11.7 Å². The van der Waals surface area contributed by atoms with E-state index in [-0.39, 0.29) is 30.2 Å². The van der Waals surface area contributed by atoms with Crippen LogP contribution in [-0.4, -0.2) is 24.6 Å². The number of rotatable bonds is 5. The van der Waals surface area contributed by atoms with E-state index < -0.39 is 6.10 Å². The van der Waals surface area contributed by atoms with Crippen LogP contribution in [0.5, 0.6) is 5.75 Å². The third kappa shape index (κ3) is 5.62. The highest BCUT2D eigenvalue weighted by molar-refractivity contribution is 9.10. The molecule has 0 saturated heterocycles. The first-order chi connectivity index (χ1) is 10.5. The van der Waals surface area contributed by atoms with Gasteiger partial charge in [0.25, 0.3) is 5.91 Å². The van der Waals surface area contributed by atoms with Crippen molar-refractivity contribution in [2.75, 3.05) is 6.54 Å². The van der Waals surface area contributed by atoms with Gasteiger partial charge in [-0.15, -0.1) is 12.4 Å². The summed E-state index contributed by atoms with van der Waals surface area (Å²) in [6, 6.07) is 4.24. The summed E-state index contributed by atoms with van der Waals surface area (Å²) >= 11 is 3.23. The number of ether oxygens (including phenoxy) is 1. The summed E-state index contributed by atoms with van der Waals surface area (Å²) < 4.78 is 19.2. The first-order valence-electron chi connectivity index (χ1n) is 7.63. The Bertz CT molecular complexity index is 533. The minimum Gasteiger partial charge on any atom is -0.480 e. The molecule has 0 aromatic heterocycles. The predicted molar refractivity (Wildman–Crippen MR) is 94.4 cm³/mol. The molecule has 2 rings (SSSR count). The molecular formula is C16H23BrClFN2O2. The molecule has 3 N–H and O–H groups in total. The molecule has 1 aliphatic rings. The fraction of sp³-hybridized carbons (Fsp3) is 0.562. The van der Waals surface area contributed by atoms with Crippen molar-refractivity contribution in [3.8, 4) is 5.75 Å². The summed E-state index contributed by atoms with van der Waals surface area (Å²) in [4.78, 5) is 12.3. The van der Waals surface area contributed by atoms with Gasteiger partial charge in [-0.05, 0) is 66.4 Å². The Hall–Kier alpha value is -0.850. The van der Waals surface area contributed by atoms with Crippen molar-refractivity contribution in [1.29, 1.82) is 0 Å². The van der Waals surface area contributed by atoms with Gasteiger partial charge in [0.05, 0.1) is 4.47 Å². The molecule has 3 atom stereocenters. The first-order valence-corrected chi connectivity index (χ1v) is 8.42. The molecule has 3 unspecified atom stereocenters. The second-order valence-electron chi connectivity index (χ2n) is 5.73. The summed E-state index contributed by atoms with van der Waals surface area (Å²) in [7, 11) is 0. The standard InChI is InChI=1S/C16H22BrFN2O2.ClH/c1-10(22-15-7-6-12(18)8-13(15)17)16(21)20-14-5-3-2-4-11(14)9-19;/h6-8,10-11,14H,2-5,9,19H2,1H3,(H,20,21);1H. The van der Waals surface area contributed by atoms with Crippen molar-refractivity contribution in [3.05, 3.63) is 28.5 Å². The zero-order valence-corrected chi connectivity index (χ0v) is 15.5.